The van der Waals surface area contributed by atoms with E-state index in [2.05, 4.69) is 67.1 Å². The molecule has 0 aromatic heterocycles. The highest BCUT2D eigenvalue weighted by Crippen LogP contribution is 2.54. The summed E-state index contributed by atoms with van der Waals surface area (Å²) >= 11 is 4.27. The maximum atomic E-state index is 4.27. The van der Waals surface area contributed by atoms with Gasteiger partial charge >= 0.3 is 0 Å². The minimum absolute atomic E-state index is 0.430. The van der Waals surface area contributed by atoms with E-state index in [1.165, 1.54) is 11.3 Å². The summed E-state index contributed by atoms with van der Waals surface area (Å²) in [5.41, 5.74) is 1.40. The summed E-state index contributed by atoms with van der Waals surface area (Å²) in [5.74, 6) is 2.42. The first-order valence-corrected chi connectivity index (χ1v) is 9.23. The van der Waals surface area contributed by atoms with E-state index in [0.717, 1.165) is 10.6 Å². The molecule has 0 aliphatic heterocycles. The number of benzene rings is 1. The lowest BCUT2D eigenvalue weighted by Gasteiger charge is -2.28. The molecule has 0 radical (unpaired) electrons. The predicted molar refractivity (Wildman–Crippen MR) is 75.0 cm³/mol. The predicted octanol–water partition coefficient (Wildman–Crippen LogP) is 4.21. The summed E-state index contributed by atoms with van der Waals surface area (Å²) in [7, 11) is 1.67. The lowest BCUT2D eigenvalue weighted by atomic mass is 10.2. The molecule has 0 fully saturated rings. The zero-order valence-electron chi connectivity index (χ0n) is 8.99. The Labute approximate surface area is 98.0 Å². The van der Waals surface area contributed by atoms with E-state index in [1.54, 1.807) is 0 Å². The molecule has 0 heterocycles. The number of hydrogen-bond acceptors (Lipinski definition) is 2. The monoisotopic (exact) mass is 246 g/mol. The Morgan fingerprint density at radius 2 is 1.79 bits per heavy atom. The van der Waals surface area contributed by atoms with Crippen molar-refractivity contribution in [2.45, 2.75) is 17.6 Å². The van der Waals surface area contributed by atoms with Gasteiger partial charge in [0.1, 0.15) is 0 Å². The van der Waals surface area contributed by atoms with E-state index in [9.17, 15) is 0 Å². The van der Waals surface area contributed by atoms with Crippen LogP contribution in [0.25, 0.3) is 0 Å². The second-order valence-corrected chi connectivity index (χ2v) is 11.6. The van der Waals surface area contributed by atoms with Crippen molar-refractivity contribution in [2.75, 3.05) is 18.3 Å². The van der Waals surface area contributed by atoms with E-state index in [-0.39, 0.29) is 0 Å². The van der Waals surface area contributed by atoms with Gasteiger partial charge < -0.3 is 0 Å². The van der Waals surface area contributed by atoms with Crippen molar-refractivity contribution in [3.05, 3.63) is 29.8 Å². The molecule has 14 heavy (non-hydrogen) atoms. The van der Waals surface area contributed by atoms with Crippen LogP contribution in [0.3, 0.4) is 0 Å². The van der Waals surface area contributed by atoms with Gasteiger partial charge in [-0.15, -0.1) is 23.4 Å². The average molecular weight is 246 g/mol. The number of thiol groups is 1. The van der Waals surface area contributed by atoms with Crippen LogP contribution in [0.1, 0.15) is 12.5 Å². The van der Waals surface area contributed by atoms with E-state index in [1.807, 2.05) is 0 Å². The van der Waals surface area contributed by atoms with Gasteiger partial charge in [0.2, 0.25) is 0 Å². The molecule has 0 atom stereocenters. The normalized spacial score (nSPS) is 12.9. The highest BCUT2D eigenvalue weighted by Gasteiger charge is 2.08. The van der Waals surface area contributed by atoms with Crippen molar-refractivity contribution >= 4 is 32.5 Å². The molecule has 0 amide bonds. The molecule has 0 nitrogen and oxygen atoms in total. The highest BCUT2D eigenvalue weighted by atomic mass is 33.2. The van der Waals surface area contributed by atoms with Crippen molar-refractivity contribution in [2.24, 2.45) is 0 Å². The lowest BCUT2D eigenvalue weighted by Crippen LogP contribution is -1.93. The minimum atomic E-state index is -0.430. The Morgan fingerprint density at radius 3 is 2.29 bits per heavy atom. The van der Waals surface area contributed by atoms with Crippen LogP contribution in [0.5, 0.6) is 0 Å². The van der Waals surface area contributed by atoms with Gasteiger partial charge in [0.05, 0.1) is 0 Å². The van der Waals surface area contributed by atoms with E-state index in [4.69, 9.17) is 0 Å². The molecule has 0 unspecified atom stereocenters. The van der Waals surface area contributed by atoms with Gasteiger partial charge in [0.25, 0.3) is 0 Å². The Hall–Kier alpha value is 0.270. The summed E-state index contributed by atoms with van der Waals surface area (Å²) in [5, 5.41) is 0. The van der Waals surface area contributed by atoms with Gasteiger partial charge in [-0.1, -0.05) is 19.1 Å². The van der Waals surface area contributed by atoms with Crippen LogP contribution in [-0.4, -0.2) is 18.3 Å². The molecular weight excluding hydrogens is 228 g/mol. The molecule has 0 N–H and O–H groups in total. The first kappa shape index (κ1) is 12.3. The van der Waals surface area contributed by atoms with Crippen LogP contribution in [0, 0.1) is 0 Å². The molecule has 0 saturated carbocycles. The molecule has 1 rings (SSSR count). The summed E-state index contributed by atoms with van der Waals surface area (Å²) in [6.45, 7) is 2.28. The first-order chi connectivity index (χ1) is 6.53. The summed E-state index contributed by atoms with van der Waals surface area (Å²) in [4.78, 5) is 1.04. The number of rotatable bonds is 4. The molecule has 1 aromatic carbocycles. The Bertz CT molecular complexity index is 277. The van der Waals surface area contributed by atoms with E-state index >= 15 is 0 Å². The maximum absolute atomic E-state index is 4.27. The van der Waals surface area contributed by atoms with Crippen molar-refractivity contribution < 1.29 is 0 Å². The number of hydrogen-bond donors (Lipinski definition) is 1. The van der Waals surface area contributed by atoms with Gasteiger partial charge in [-0.3, -0.25) is 0 Å². The standard InChI is InChI=1S/C11H18S3/c1-4-14(2,3)13-9-10-5-7-11(12)8-6-10/h5-8,12H,4,9H2,1-3H3. The van der Waals surface area contributed by atoms with E-state index in [0.29, 0.717) is 0 Å². The van der Waals surface area contributed by atoms with Gasteiger partial charge in [-0.2, -0.15) is 9.06 Å². The fourth-order valence-corrected chi connectivity index (χ4v) is 3.73. The summed E-state index contributed by atoms with van der Waals surface area (Å²) < 4.78 is 0. The van der Waals surface area contributed by atoms with Crippen molar-refractivity contribution in [1.82, 2.24) is 0 Å². The zero-order chi connectivity index (χ0) is 10.6. The Morgan fingerprint density at radius 1 is 1.21 bits per heavy atom. The SMILES string of the molecule is CCS(C)(C)SCc1ccc(S)cc1. The zero-order valence-corrected chi connectivity index (χ0v) is 11.5. The smallest absolute Gasteiger partial charge is 0.0273 e. The first-order valence-electron chi connectivity index (χ1n) is 4.67. The topological polar surface area (TPSA) is 0 Å². The Balaban J connectivity index is 2.50. The Kier molecular flexibility index (Phi) is 4.74. The molecule has 0 saturated heterocycles. The molecule has 0 bridgehead atoms. The van der Waals surface area contributed by atoms with Crippen molar-refractivity contribution in [3.63, 3.8) is 0 Å². The van der Waals surface area contributed by atoms with Gasteiger partial charge in [-0.05, 0) is 36.0 Å². The van der Waals surface area contributed by atoms with Gasteiger partial charge in [0.15, 0.2) is 0 Å². The van der Waals surface area contributed by atoms with E-state index < -0.39 is 9.06 Å². The lowest BCUT2D eigenvalue weighted by molar-refractivity contribution is 1.36. The fraction of sp³-hybridized carbons (Fsp3) is 0.455. The third kappa shape index (κ3) is 4.20. The summed E-state index contributed by atoms with van der Waals surface area (Å²) in [6.07, 6.45) is 4.76. The van der Waals surface area contributed by atoms with Crippen LogP contribution in [0.2, 0.25) is 0 Å². The minimum Gasteiger partial charge on any atom is -0.198 e. The van der Waals surface area contributed by atoms with Crippen LogP contribution in [0.15, 0.2) is 29.2 Å². The second-order valence-electron chi connectivity index (χ2n) is 3.65. The van der Waals surface area contributed by atoms with Gasteiger partial charge in [0, 0.05) is 10.6 Å². The highest BCUT2D eigenvalue weighted by molar-refractivity contribution is 8.93. The second kappa shape index (κ2) is 5.38. The van der Waals surface area contributed by atoms with Crippen LogP contribution in [-0.2, 0) is 5.75 Å². The van der Waals surface area contributed by atoms with Crippen LogP contribution < -0.4 is 0 Å². The van der Waals surface area contributed by atoms with Crippen LogP contribution >= 0.6 is 32.5 Å². The molecule has 0 aliphatic carbocycles. The maximum Gasteiger partial charge on any atom is 0.0273 e. The van der Waals surface area contributed by atoms with Crippen LogP contribution in [0.4, 0.5) is 0 Å². The quantitative estimate of drug-likeness (QED) is 0.613. The van der Waals surface area contributed by atoms with Crippen molar-refractivity contribution in [3.8, 4) is 0 Å². The van der Waals surface area contributed by atoms with Gasteiger partial charge in [-0.25, -0.2) is 0 Å². The third-order valence-corrected chi connectivity index (χ3v) is 7.93. The summed E-state index contributed by atoms with van der Waals surface area (Å²) in [6, 6.07) is 8.46. The fourth-order valence-electron chi connectivity index (χ4n) is 0.903. The third-order valence-electron chi connectivity index (χ3n) is 2.18. The molecule has 80 valence electrons. The molecule has 0 aliphatic rings. The average Bonchev–Trinajstić information content (AvgIpc) is 2.17. The van der Waals surface area contributed by atoms with Crippen molar-refractivity contribution in [1.29, 1.82) is 0 Å². The molecular formula is C11H18S3. The largest absolute Gasteiger partial charge is 0.198 e. The molecule has 3 heteroatoms. The molecule has 0 spiro atoms. The molecule has 1 aromatic rings.